The number of nitrogens with zero attached hydrogens (tertiary/aromatic N) is 4. The molecule has 7 nitrogen and oxygen atoms in total. The molecule has 0 radical (unpaired) electrons. The van der Waals surface area contributed by atoms with E-state index < -0.39 is 0 Å². The number of likely N-dealkylation sites (N-methyl/N-ethyl adjacent to an activating group) is 1. The van der Waals surface area contributed by atoms with Gasteiger partial charge in [0.05, 0.1) is 18.3 Å². The molecule has 1 fully saturated rings. The molecule has 1 saturated heterocycles. The number of amides is 1. The Morgan fingerprint density at radius 2 is 2.27 bits per heavy atom. The number of ether oxygens (including phenoxy) is 1. The second-order valence-corrected chi connectivity index (χ2v) is 6.65. The predicted octanol–water partition coefficient (Wildman–Crippen LogP) is 1.47. The zero-order valence-corrected chi connectivity index (χ0v) is 15.9. The van der Waals surface area contributed by atoms with Crippen LogP contribution in [0.2, 0.25) is 5.02 Å². The number of hydrogen-bond acceptors (Lipinski definition) is 5. The van der Waals surface area contributed by atoms with Crippen LogP contribution in [0.3, 0.4) is 0 Å². The highest BCUT2D eigenvalue weighted by Gasteiger charge is 2.30. The topological polar surface area (TPSA) is 72.3 Å². The summed E-state index contributed by atoms with van der Waals surface area (Å²) < 4.78 is 6.92. The summed E-state index contributed by atoms with van der Waals surface area (Å²) in [5.41, 5.74) is 0.836. The van der Waals surface area contributed by atoms with Gasteiger partial charge in [0.1, 0.15) is 5.82 Å². The Morgan fingerprint density at radius 1 is 1.42 bits per heavy atom. The molecule has 3 rings (SSSR count). The van der Waals surface area contributed by atoms with Crippen molar-refractivity contribution in [3.05, 3.63) is 40.9 Å². The van der Waals surface area contributed by atoms with Crippen LogP contribution in [-0.2, 0) is 22.4 Å². The summed E-state index contributed by atoms with van der Waals surface area (Å²) in [5, 5.41) is 8.20. The van der Waals surface area contributed by atoms with Crippen LogP contribution in [0.25, 0.3) is 5.69 Å². The average Bonchev–Trinajstić information content (AvgIpc) is 3.04. The van der Waals surface area contributed by atoms with E-state index in [1.54, 1.807) is 11.8 Å². The third kappa shape index (κ3) is 4.23. The second kappa shape index (κ2) is 8.62. The summed E-state index contributed by atoms with van der Waals surface area (Å²) in [7, 11) is 1.65. The molecule has 8 heteroatoms. The Kier molecular flexibility index (Phi) is 6.24. The van der Waals surface area contributed by atoms with Crippen molar-refractivity contribution in [2.45, 2.75) is 25.8 Å². The largest absolute Gasteiger partial charge is 0.384 e. The highest BCUT2D eigenvalue weighted by Crippen LogP contribution is 2.18. The van der Waals surface area contributed by atoms with E-state index in [0.717, 1.165) is 24.6 Å². The summed E-state index contributed by atoms with van der Waals surface area (Å²) >= 11 is 6.14. The van der Waals surface area contributed by atoms with Crippen molar-refractivity contribution in [2.75, 3.05) is 33.4 Å². The number of carbonyl (C=O) groups is 1. The summed E-state index contributed by atoms with van der Waals surface area (Å²) in [5.74, 6) is 1.48. The fraction of sp³-hybridized carbons (Fsp3) is 0.500. The third-order valence-corrected chi connectivity index (χ3v) is 4.76. The second-order valence-electron chi connectivity index (χ2n) is 6.22. The van der Waals surface area contributed by atoms with Crippen LogP contribution in [-0.4, -0.2) is 65.0 Å². The fourth-order valence-corrected chi connectivity index (χ4v) is 3.36. The van der Waals surface area contributed by atoms with Crippen LogP contribution < -0.4 is 5.32 Å². The van der Waals surface area contributed by atoms with Crippen molar-refractivity contribution in [1.29, 1.82) is 0 Å². The summed E-state index contributed by atoms with van der Waals surface area (Å²) in [6, 6.07) is 7.23. The van der Waals surface area contributed by atoms with Crippen molar-refractivity contribution in [1.82, 2.24) is 25.0 Å². The minimum atomic E-state index is -0.244. The fourth-order valence-electron chi connectivity index (χ4n) is 3.17. The molecule has 140 valence electrons. The molecule has 1 aromatic heterocycles. The van der Waals surface area contributed by atoms with E-state index >= 15 is 0 Å². The van der Waals surface area contributed by atoms with E-state index in [1.807, 2.05) is 24.3 Å². The van der Waals surface area contributed by atoms with Crippen LogP contribution in [0, 0.1) is 0 Å². The maximum atomic E-state index is 12.4. The van der Waals surface area contributed by atoms with E-state index in [0.29, 0.717) is 36.8 Å². The molecule has 2 aromatic rings. The number of benzene rings is 1. The van der Waals surface area contributed by atoms with Gasteiger partial charge in [-0.1, -0.05) is 24.6 Å². The number of aromatic nitrogens is 3. The number of piperazine rings is 1. The normalized spacial score (nSPS) is 18.1. The first-order chi connectivity index (χ1) is 12.6. The Balaban J connectivity index is 1.93. The third-order valence-electron chi connectivity index (χ3n) is 4.52. The first-order valence-corrected chi connectivity index (χ1v) is 9.21. The van der Waals surface area contributed by atoms with Gasteiger partial charge in [0.15, 0.2) is 5.82 Å². The zero-order valence-electron chi connectivity index (χ0n) is 15.1. The molecule has 1 aliphatic heterocycles. The summed E-state index contributed by atoms with van der Waals surface area (Å²) in [4.78, 5) is 19.2. The zero-order chi connectivity index (χ0) is 18.5. The highest BCUT2D eigenvalue weighted by atomic mass is 35.5. The molecule has 0 unspecified atom stereocenters. The van der Waals surface area contributed by atoms with E-state index in [4.69, 9.17) is 16.3 Å². The molecular weight excluding hydrogens is 354 g/mol. The number of rotatable bonds is 7. The first-order valence-electron chi connectivity index (χ1n) is 8.83. The van der Waals surface area contributed by atoms with Gasteiger partial charge in [-0.05, 0) is 24.7 Å². The van der Waals surface area contributed by atoms with Crippen molar-refractivity contribution in [3.8, 4) is 5.69 Å². The molecule has 0 spiro atoms. The number of methoxy groups -OCH3 is 1. The van der Waals surface area contributed by atoms with Crippen molar-refractivity contribution < 1.29 is 9.53 Å². The average molecular weight is 378 g/mol. The molecule has 0 aliphatic carbocycles. The van der Waals surface area contributed by atoms with Crippen LogP contribution in [0.1, 0.15) is 18.6 Å². The van der Waals surface area contributed by atoms with Crippen molar-refractivity contribution in [2.24, 2.45) is 0 Å². The molecule has 1 amide bonds. The van der Waals surface area contributed by atoms with E-state index in [1.165, 1.54) is 0 Å². The summed E-state index contributed by atoms with van der Waals surface area (Å²) in [6.45, 7) is 4.96. The molecule has 1 N–H and O–H groups in total. The van der Waals surface area contributed by atoms with Gasteiger partial charge in [-0.2, -0.15) is 5.10 Å². The van der Waals surface area contributed by atoms with Crippen LogP contribution in [0.5, 0.6) is 0 Å². The van der Waals surface area contributed by atoms with Crippen LogP contribution >= 0.6 is 11.6 Å². The molecule has 2 heterocycles. The molecule has 1 aromatic carbocycles. The molecule has 0 bridgehead atoms. The number of hydrogen-bond donors (Lipinski definition) is 1. The van der Waals surface area contributed by atoms with Crippen LogP contribution in [0.15, 0.2) is 24.3 Å². The lowest BCUT2D eigenvalue weighted by Gasteiger charge is -2.33. The molecule has 1 aliphatic rings. The Bertz CT molecular complexity index is 764. The van der Waals surface area contributed by atoms with E-state index in [9.17, 15) is 4.79 Å². The SMILES string of the molecule is CCN1CCNC(=O)[C@@H]1Cc1nc(CCOC)nn1-c1cccc(Cl)c1. The van der Waals surface area contributed by atoms with Crippen LogP contribution in [0.4, 0.5) is 0 Å². The van der Waals surface area contributed by atoms with Gasteiger partial charge >= 0.3 is 0 Å². The molecular formula is C18H24ClN5O2. The van der Waals surface area contributed by atoms with Gasteiger partial charge < -0.3 is 10.1 Å². The molecule has 1 atom stereocenters. The van der Waals surface area contributed by atoms with E-state index in [2.05, 4.69) is 27.2 Å². The van der Waals surface area contributed by atoms with Gasteiger partial charge in [-0.15, -0.1) is 0 Å². The van der Waals surface area contributed by atoms with Crippen molar-refractivity contribution >= 4 is 17.5 Å². The number of carbonyl (C=O) groups excluding carboxylic acids is 1. The Labute approximate surface area is 158 Å². The van der Waals surface area contributed by atoms with E-state index in [-0.39, 0.29) is 11.9 Å². The van der Waals surface area contributed by atoms with Gasteiger partial charge in [0.25, 0.3) is 0 Å². The Morgan fingerprint density at radius 3 is 3.00 bits per heavy atom. The standard InChI is InChI=1S/C18H24ClN5O2/c1-3-23-9-8-20-18(25)15(23)12-17-21-16(7-10-26-2)22-24(17)14-6-4-5-13(19)11-14/h4-6,11,15H,3,7-10,12H2,1-2H3,(H,20,25)/t15-/m0/s1. The minimum Gasteiger partial charge on any atom is -0.384 e. The minimum absolute atomic E-state index is 0.0391. The predicted molar refractivity (Wildman–Crippen MR) is 99.7 cm³/mol. The lowest BCUT2D eigenvalue weighted by atomic mass is 10.1. The maximum absolute atomic E-state index is 12.4. The first kappa shape index (κ1) is 18.8. The highest BCUT2D eigenvalue weighted by molar-refractivity contribution is 6.30. The number of nitrogens with one attached hydrogen (secondary N) is 1. The maximum Gasteiger partial charge on any atom is 0.237 e. The Hall–Kier alpha value is -1.96. The molecule has 26 heavy (non-hydrogen) atoms. The summed E-state index contributed by atoms with van der Waals surface area (Å²) in [6.07, 6.45) is 1.11. The van der Waals surface area contributed by atoms with Gasteiger partial charge in [-0.3, -0.25) is 9.69 Å². The van der Waals surface area contributed by atoms with Crippen molar-refractivity contribution in [3.63, 3.8) is 0 Å². The monoisotopic (exact) mass is 377 g/mol. The lowest BCUT2D eigenvalue weighted by molar-refractivity contribution is -0.128. The quantitative estimate of drug-likeness (QED) is 0.791. The van der Waals surface area contributed by atoms with Gasteiger partial charge in [0.2, 0.25) is 5.91 Å². The molecule has 0 saturated carbocycles. The number of halogens is 1. The lowest BCUT2D eigenvalue weighted by Crippen LogP contribution is -2.56. The van der Waals surface area contributed by atoms with Gasteiger partial charge in [0, 0.05) is 38.1 Å². The smallest absolute Gasteiger partial charge is 0.237 e. The van der Waals surface area contributed by atoms with Gasteiger partial charge in [-0.25, -0.2) is 9.67 Å².